The van der Waals surface area contributed by atoms with Gasteiger partial charge in [-0.15, -0.1) is 0 Å². The average molecular weight is 863 g/mol. The minimum absolute atomic E-state index is 0.0643. The molecule has 0 radical (unpaired) electrons. The molecule has 0 aliphatic carbocycles. The van der Waals surface area contributed by atoms with Crippen molar-refractivity contribution < 1.29 is 28.6 Å². The van der Waals surface area contributed by atoms with Gasteiger partial charge in [0, 0.05) is 19.3 Å². The molecule has 0 saturated heterocycles. The molecule has 0 fully saturated rings. The van der Waals surface area contributed by atoms with Crippen molar-refractivity contribution in [3.63, 3.8) is 0 Å². The number of carbonyl (C=O) groups excluding carboxylic acids is 3. The highest BCUT2D eigenvalue weighted by atomic mass is 16.6. The molecule has 0 amide bonds. The lowest BCUT2D eigenvalue weighted by molar-refractivity contribution is -0.167. The summed E-state index contributed by atoms with van der Waals surface area (Å²) in [5, 5.41) is 0. The van der Waals surface area contributed by atoms with Crippen LogP contribution in [0, 0.1) is 11.8 Å². The molecule has 0 spiro atoms. The predicted molar refractivity (Wildman–Crippen MR) is 261 cm³/mol. The van der Waals surface area contributed by atoms with Crippen molar-refractivity contribution in [2.45, 2.75) is 310 Å². The van der Waals surface area contributed by atoms with E-state index in [0.717, 1.165) is 69.6 Å². The number of carbonyl (C=O) groups is 3. The fraction of sp³-hybridized carbons (Fsp3) is 0.945. The number of unbranched alkanes of at least 4 members (excludes halogenated alkanes) is 32. The first kappa shape index (κ1) is 59.4. The molecule has 0 aromatic carbocycles. The van der Waals surface area contributed by atoms with E-state index in [4.69, 9.17) is 14.2 Å². The molecule has 0 aromatic heterocycles. The highest BCUT2D eigenvalue weighted by Crippen LogP contribution is 2.18. The van der Waals surface area contributed by atoms with Crippen molar-refractivity contribution in [3.8, 4) is 0 Å². The predicted octanol–water partition coefficient (Wildman–Crippen LogP) is 17.7. The number of esters is 3. The maximum absolute atomic E-state index is 12.7. The normalized spacial score (nSPS) is 12.9. The van der Waals surface area contributed by atoms with Crippen molar-refractivity contribution in [2.24, 2.45) is 11.8 Å². The summed E-state index contributed by atoms with van der Waals surface area (Å²) in [4.78, 5) is 37.9. The molecule has 0 aromatic rings. The first-order valence-corrected chi connectivity index (χ1v) is 27.3. The summed E-state index contributed by atoms with van der Waals surface area (Å²) in [5.41, 5.74) is 0. The monoisotopic (exact) mass is 863 g/mol. The van der Waals surface area contributed by atoms with Crippen molar-refractivity contribution in [1.82, 2.24) is 0 Å². The molecule has 0 bridgehead atoms. The maximum Gasteiger partial charge on any atom is 0.306 e. The highest BCUT2D eigenvalue weighted by molar-refractivity contribution is 5.71. The second kappa shape index (κ2) is 47.9. The van der Waals surface area contributed by atoms with Crippen LogP contribution < -0.4 is 0 Å². The van der Waals surface area contributed by atoms with Crippen molar-refractivity contribution in [2.75, 3.05) is 13.2 Å². The number of hydrogen-bond donors (Lipinski definition) is 0. The summed E-state index contributed by atoms with van der Waals surface area (Å²) in [6.07, 6.45) is 49.5. The summed E-state index contributed by atoms with van der Waals surface area (Å²) in [6.45, 7) is 11.4. The van der Waals surface area contributed by atoms with Crippen LogP contribution in [0.15, 0.2) is 0 Å². The van der Waals surface area contributed by atoms with Gasteiger partial charge in [0.1, 0.15) is 13.2 Å². The molecular weight excluding hydrogens is 757 g/mol. The molecule has 0 aliphatic heterocycles. The Morgan fingerprint density at radius 2 is 0.574 bits per heavy atom. The highest BCUT2D eigenvalue weighted by Gasteiger charge is 2.19. The van der Waals surface area contributed by atoms with E-state index in [0.29, 0.717) is 19.3 Å². The Morgan fingerprint density at radius 1 is 0.328 bits per heavy atom. The van der Waals surface area contributed by atoms with Crippen LogP contribution in [0.5, 0.6) is 0 Å². The van der Waals surface area contributed by atoms with Crippen LogP contribution in [0.4, 0.5) is 0 Å². The third-order valence-corrected chi connectivity index (χ3v) is 13.2. The second-order valence-corrected chi connectivity index (χ2v) is 19.4. The van der Waals surface area contributed by atoms with Crippen LogP contribution in [0.1, 0.15) is 304 Å². The smallest absolute Gasteiger partial charge is 0.306 e. The van der Waals surface area contributed by atoms with Gasteiger partial charge < -0.3 is 14.2 Å². The van der Waals surface area contributed by atoms with Crippen LogP contribution in [0.25, 0.3) is 0 Å². The van der Waals surface area contributed by atoms with E-state index in [1.807, 2.05) is 0 Å². The first-order chi connectivity index (χ1) is 29.8. The minimum atomic E-state index is -0.762. The molecule has 6 nitrogen and oxygen atoms in total. The van der Waals surface area contributed by atoms with E-state index >= 15 is 0 Å². The van der Waals surface area contributed by atoms with Crippen LogP contribution in [-0.4, -0.2) is 37.2 Å². The van der Waals surface area contributed by atoms with Crippen molar-refractivity contribution >= 4 is 17.9 Å². The summed E-state index contributed by atoms with van der Waals surface area (Å²) in [7, 11) is 0. The number of hydrogen-bond acceptors (Lipinski definition) is 6. The quantitative estimate of drug-likeness (QED) is 0.0344. The van der Waals surface area contributed by atoms with Gasteiger partial charge in [-0.3, -0.25) is 14.4 Å². The molecule has 6 heteroatoms. The molecule has 0 rings (SSSR count). The molecule has 3 atom stereocenters. The van der Waals surface area contributed by atoms with Crippen molar-refractivity contribution in [3.05, 3.63) is 0 Å². The zero-order valence-electron chi connectivity index (χ0n) is 41.8. The third kappa shape index (κ3) is 46.2. The third-order valence-electron chi connectivity index (χ3n) is 13.2. The van der Waals surface area contributed by atoms with Gasteiger partial charge >= 0.3 is 17.9 Å². The largest absolute Gasteiger partial charge is 0.462 e. The number of rotatable bonds is 49. The topological polar surface area (TPSA) is 78.9 Å². The van der Waals surface area contributed by atoms with Gasteiger partial charge in [-0.2, -0.15) is 0 Å². The molecule has 61 heavy (non-hydrogen) atoms. The Hall–Kier alpha value is -1.59. The summed E-state index contributed by atoms with van der Waals surface area (Å²) < 4.78 is 16.8. The average Bonchev–Trinajstić information content (AvgIpc) is 3.26. The lowest BCUT2D eigenvalue weighted by Gasteiger charge is -2.18. The second-order valence-electron chi connectivity index (χ2n) is 19.4. The van der Waals surface area contributed by atoms with E-state index in [1.165, 1.54) is 193 Å². The van der Waals surface area contributed by atoms with Crippen LogP contribution in [0.2, 0.25) is 0 Å². The van der Waals surface area contributed by atoms with Gasteiger partial charge in [-0.25, -0.2) is 0 Å². The van der Waals surface area contributed by atoms with Gasteiger partial charge in [0.25, 0.3) is 0 Å². The molecule has 362 valence electrons. The lowest BCUT2D eigenvalue weighted by Crippen LogP contribution is -2.30. The SMILES string of the molecule is CCCCCCCCCCCCCC(=O)OC[C@@H](COC(=O)CCCCCCCCCCCCCCCCCCCCC(C)CC)OC(=O)CCCCCCCCC(C)CC. The molecule has 0 aliphatic rings. The van der Waals surface area contributed by atoms with Gasteiger partial charge in [-0.1, -0.05) is 266 Å². The zero-order chi connectivity index (χ0) is 44.7. The molecule has 0 N–H and O–H groups in total. The minimum Gasteiger partial charge on any atom is -0.462 e. The first-order valence-electron chi connectivity index (χ1n) is 27.3. The van der Waals surface area contributed by atoms with E-state index < -0.39 is 6.10 Å². The van der Waals surface area contributed by atoms with Gasteiger partial charge in [0.2, 0.25) is 0 Å². The molecule has 0 saturated carbocycles. The molecular formula is C55H106O6. The maximum atomic E-state index is 12.7. The molecule has 0 heterocycles. The summed E-state index contributed by atoms with van der Waals surface area (Å²) >= 11 is 0. The standard InChI is InChI=1S/C55H106O6/c1-6-9-10-11-12-13-22-26-29-35-40-45-53(56)59-48-52(61-55(58)47-42-37-32-31-34-39-44-51(5)8-3)49-60-54(57)46-41-36-30-27-24-21-19-17-15-14-16-18-20-23-25-28-33-38-43-50(4)7-2/h50-52H,6-49H2,1-5H3/t50?,51?,52-/m0/s1. The van der Waals surface area contributed by atoms with Gasteiger partial charge in [0.05, 0.1) is 0 Å². The van der Waals surface area contributed by atoms with E-state index in [9.17, 15) is 14.4 Å². The van der Waals surface area contributed by atoms with E-state index in [1.54, 1.807) is 0 Å². The van der Waals surface area contributed by atoms with Gasteiger partial charge in [-0.05, 0) is 31.1 Å². The van der Waals surface area contributed by atoms with Crippen LogP contribution >= 0.6 is 0 Å². The Morgan fingerprint density at radius 3 is 0.852 bits per heavy atom. The Balaban J connectivity index is 4.16. The van der Waals surface area contributed by atoms with Gasteiger partial charge in [0.15, 0.2) is 6.10 Å². The van der Waals surface area contributed by atoms with Crippen molar-refractivity contribution in [1.29, 1.82) is 0 Å². The fourth-order valence-corrected chi connectivity index (χ4v) is 8.28. The number of ether oxygens (including phenoxy) is 3. The summed E-state index contributed by atoms with van der Waals surface area (Å²) in [5.74, 6) is 0.870. The van der Waals surface area contributed by atoms with E-state index in [2.05, 4.69) is 34.6 Å². The Kier molecular flexibility index (Phi) is 46.6. The van der Waals surface area contributed by atoms with E-state index in [-0.39, 0.29) is 31.1 Å². The zero-order valence-corrected chi connectivity index (χ0v) is 41.8. The Bertz CT molecular complexity index is 935. The summed E-state index contributed by atoms with van der Waals surface area (Å²) in [6, 6.07) is 0. The Labute approximate surface area is 380 Å². The van der Waals surface area contributed by atoms with Crippen LogP contribution in [0.3, 0.4) is 0 Å². The lowest BCUT2D eigenvalue weighted by atomic mass is 9.99. The molecule has 2 unspecified atom stereocenters. The fourth-order valence-electron chi connectivity index (χ4n) is 8.28. The van der Waals surface area contributed by atoms with Crippen LogP contribution in [-0.2, 0) is 28.6 Å².